The lowest BCUT2D eigenvalue weighted by Crippen LogP contribution is -2.48. The van der Waals surface area contributed by atoms with Crippen molar-refractivity contribution in [2.24, 2.45) is 0 Å². The predicted molar refractivity (Wildman–Crippen MR) is 84.9 cm³/mol. The van der Waals surface area contributed by atoms with Crippen LogP contribution in [0.4, 0.5) is 0 Å². The van der Waals surface area contributed by atoms with Gasteiger partial charge in [0.1, 0.15) is 5.75 Å². The van der Waals surface area contributed by atoms with E-state index in [4.69, 9.17) is 9.47 Å². The van der Waals surface area contributed by atoms with Crippen molar-refractivity contribution in [3.05, 3.63) is 29.8 Å². The molecule has 0 aromatic heterocycles. The molecular weight excluding hydrogens is 262 g/mol. The molecule has 1 saturated heterocycles. The summed E-state index contributed by atoms with van der Waals surface area (Å²) in [6, 6.07) is 9.17. The van der Waals surface area contributed by atoms with Crippen LogP contribution in [0.15, 0.2) is 24.3 Å². The summed E-state index contributed by atoms with van der Waals surface area (Å²) < 4.78 is 11.3. The van der Waals surface area contributed by atoms with Gasteiger partial charge < -0.3 is 9.47 Å². The second-order valence-electron chi connectivity index (χ2n) is 6.34. The van der Waals surface area contributed by atoms with Crippen LogP contribution in [0.25, 0.3) is 0 Å². The zero-order chi connectivity index (χ0) is 14.5. The number of nitrogens with zero attached hydrogens (tertiary/aromatic N) is 1. The summed E-state index contributed by atoms with van der Waals surface area (Å²) >= 11 is 0. The van der Waals surface area contributed by atoms with Crippen LogP contribution in [0.2, 0.25) is 0 Å². The Bertz CT molecular complexity index is 443. The minimum atomic E-state index is 0.327. The Morgan fingerprint density at radius 1 is 1.24 bits per heavy atom. The molecule has 1 aliphatic heterocycles. The van der Waals surface area contributed by atoms with Gasteiger partial charge in [0, 0.05) is 25.6 Å². The predicted octanol–water partition coefficient (Wildman–Crippen LogP) is 3.27. The zero-order valence-corrected chi connectivity index (χ0v) is 13.1. The van der Waals surface area contributed by atoms with E-state index in [9.17, 15) is 0 Å². The van der Waals surface area contributed by atoms with E-state index in [0.29, 0.717) is 6.10 Å². The maximum Gasteiger partial charge on any atom is 0.119 e. The molecule has 1 saturated carbocycles. The smallest absolute Gasteiger partial charge is 0.119 e. The highest BCUT2D eigenvalue weighted by atomic mass is 16.5. The van der Waals surface area contributed by atoms with Crippen LogP contribution in [0.5, 0.6) is 5.75 Å². The normalized spacial score (nSPS) is 24.9. The zero-order valence-electron chi connectivity index (χ0n) is 13.1. The van der Waals surface area contributed by atoms with Gasteiger partial charge in [-0.05, 0) is 30.5 Å². The summed E-state index contributed by atoms with van der Waals surface area (Å²) in [5, 5.41) is 0. The number of methoxy groups -OCH3 is 1. The van der Waals surface area contributed by atoms with Crippen molar-refractivity contribution in [1.82, 2.24) is 4.90 Å². The van der Waals surface area contributed by atoms with E-state index in [1.165, 1.54) is 37.7 Å². The molecule has 2 aliphatic rings. The molecule has 2 fully saturated rings. The molecular formula is C18H27NO2. The summed E-state index contributed by atoms with van der Waals surface area (Å²) in [6.45, 7) is 3.08. The average molecular weight is 289 g/mol. The van der Waals surface area contributed by atoms with Gasteiger partial charge in [-0.2, -0.15) is 0 Å². The first-order valence-electron chi connectivity index (χ1n) is 8.34. The molecule has 0 N–H and O–H groups in total. The van der Waals surface area contributed by atoms with Crippen molar-refractivity contribution in [1.29, 1.82) is 0 Å². The molecule has 1 heterocycles. The lowest BCUT2D eigenvalue weighted by molar-refractivity contribution is -0.0474. The summed E-state index contributed by atoms with van der Waals surface area (Å²) in [7, 11) is 1.72. The van der Waals surface area contributed by atoms with Gasteiger partial charge in [0.15, 0.2) is 0 Å². The summed E-state index contributed by atoms with van der Waals surface area (Å²) in [5.74, 6) is 0.937. The Morgan fingerprint density at radius 3 is 2.90 bits per heavy atom. The fraction of sp³-hybridized carbons (Fsp3) is 0.667. The van der Waals surface area contributed by atoms with E-state index in [1.54, 1.807) is 7.11 Å². The molecule has 3 heteroatoms. The van der Waals surface area contributed by atoms with E-state index in [-0.39, 0.29) is 0 Å². The van der Waals surface area contributed by atoms with Crippen molar-refractivity contribution in [2.45, 2.75) is 50.7 Å². The second-order valence-corrected chi connectivity index (χ2v) is 6.34. The number of hydrogen-bond acceptors (Lipinski definition) is 3. The second kappa shape index (κ2) is 7.28. The molecule has 3 nitrogen and oxygen atoms in total. The fourth-order valence-corrected chi connectivity index (χ4v) is 3.71. The molecule has 3 rings (SSSR count). The molecule has 1 aromatic carbocycles. The van der Waals surface area contributed by atoms with Crippen molar-refractivity contribution in [2.75, 3.05) is 26.8 Å². The number of hydrogen-bond donors (Lipinski definition) is 0. The fourth-order valence-electron chi connectivity index (χ4n) is 3.71. The van der Waals surface area contributed by atoms with Crippen molar-refractivity contribution >= 4 is 0 Å². The van der Waals surface area contributed by atoms with Crippen LogP contribution < -0.4 is 4.74 Å². The topological polar surface area (TPSA) is 21.7 Å². The summed E-state index contributed by atoms with van der Waals surface area (Å²) in [4.78, 5) is 2.67. The van der Waals surface area contributed by atoms with Gasteiger partial charge in [-0.25, -0.2) is 0 Å². The average Bonchev–Trinajstić information content (AvgIpc) is 2.56. The molecule has 1 aliphatic carbocycles. The minimum absolute atomic E-state index is 0.327. The van der Waals surface area contributed by atoms with E-state index >= 15 is 0 Å². The monoisotopic (exact) mass is 289 g/mol. The number of ether oxygens (including phenoxy) is 2. The molecule has 0 amide bonds. The van der Waals surface area contributed by atoms with Gasteiger partial charge in [0.2, 0.25) is 0 Å². The van der Waals surface area contributed by atoms with E-state index in [1.807, 2.05) is 6.07 Å². The van der Waals surface area contributed by atoms with Gasteiger partial charge in [0.25, 0.3) is 0 Å². The molecule has 116 valence electrons. The molecule has 0 bridgehead atoms. The number of rotatable bonds is 4. The molecule has 1 aromatic rings. The third-order valence-electron chi connectivity index (χ3n) is 4.86. The standard InChI is InChI=1S/C18H27NO2/c1-20-17-9-5-6-15(12-17)13-18-14-19(10-11-21-18)16-7-3-2-4-8-16/h5-6,9,12,16,18H,2-4,7-8,10-11,13-14H2,1H3/t18-/m1/s1. The lowest BCUT2D eigenvalue weighted by atomic mass is 9.93. The third-order valence-corrected chi connectivity index (χ3v) is 4.86. The number of morpholine rings is 1. The van der Waals surface area contributed by atoms with Gasteiger partial charge in [-0.3, -0.25) is 4.90 Å². The quantitative estimate of drug-likeness (QED) is 0.849. The van der Waals surface area contributed by atoms with Crippen molar-refractivity contribution in [3.8, 4) is 5.75 Å². The first-order chi connectivity index (χ1) is 10.3. The molecule has 1 atom stereocenters. The highest BCUT2D eigenvalue weighted by Gasteiger charge is 2.27. The van der Waals surface area contributed by atoms with Crippen LogP contribution in [-0.4, -0.2) is 43.9 Å². The third kappa shape index (κ3) is 3.98. The van der Waals surface area contributed by atoms with E-state index in [2.05, 4.69) is 23.1 Å². The van der Waals surface area contributed by atoms with Crippen molar-refractivity contribution in [3.63, 3.8) is 0 Å². The summed E-state index contributed by atoms with van der Waals surface area (Å²) in [5.41, 5.74) is 1.31. The van der Waals surface area contributed by atoms with Crippen molar-refractivity contribution < 1.29 is 9.47 Å². The Labute approximate surface area is 128 Å². The number of benzene rings is 1. The maximum atomic E-state index is 5.99. The Hall–Kier alpha value is -1.06. The molecule has 0 spiro atoms. The molecule has 21 heavy (non-hydrogen) atoms. The maximum absolute atomic E-state index is 5.99. The minimum Gasteiger partial charge on any atom is -0.497 e. The molecule has 0 radical (unpaired) electrons. The van der Waals surface area contributed by atoms with Crippen LogP contribution in [0.3, 0.4) is 0 Å². The SMILES string of the molecule is COc1cccc(C[C@@H]2CN(C3CCCCC3)CCO2)c1. The van der Waals surface area contributed by atoms with Crippen LogP contribution in [0, 0.1) is 0 Å². The molecule has 0 unspecified atom stereocenters. The highest BCUT2D eigenvalue weighted by Crippen LogP contribution is 2.25. The van der Waals surface area contributed by atoms with E-state index < -0.39 is 0 Å². The first kappa shape index (κ1) is 14.9. The van der Waals surface area contributed by atoms with Gasteiger partial charge in [-0.15, -0.1) is 0 Å². The van der Waals surface area contributed by atoms with E-state index in [0.717, 1.165) is 37.9 Å². The lowest BCUT2D eigenvalue weighted by Gasteiger charge is -2.40. The van der Waals surface area contributed by atoms with Gasteiger partial charge in [-0.1, -0.05) is 31.4 Å². The van der Waals surface area contributed by atoms with Crippen LogP contribution >= 0.6 is 0 Å². The Morgan fingerprint density at radius 2 is 2.10 bits per heavy atom. The van der Waals surface area contributed by atoms with Crippen LogP contribution in [0.1, 0.15) is 37.7 Å². The Kier molecular flexibility index (Phi) is 5.15. The summed E-state index contributed by atoms with van der Waals surface area (Å²) in [6.07, 6.45) is 8.31. The Balaban J connectivity index is 1.57. The largest absolute Gasteiger partial charge is 0.497 e. The highest BCUT2D eigenvalue weighted by molar-refractivity contribution is 5.28. The van der Waals surface area contributed by atoms with Gasteiger partial charge >= 0.3 is 0 Å². The van der Waals surface area contributed by atoms with Gasteiger partial charge in [0.05, 0.1) is 19.8 Å². The van der Waals surface area contributed by atoms with Crippen LogP contribution in [-0.2, 0) is 11.2 Å². The first-order valence-corrected chi connectivity index (χ1v) is 8.34.